The number of nitrogens with zero attached hydrogens (tertiary/aromatic N) is 4. The Balaban J connectivity index is 0.00000343. The maximum absolute atomic E-state index is 13.3. The van der Waals surface area contributed by atoms with Gasteiger partial charge < -0.3 is 35.2 Å². The van der Waals surface area contributed by atoms with Crippen molar-refractivity contribution in [2.24, 2.45) is 17.8 Å². The minimum absolute atomic E-state index is 0. The van der Waals surface area contributed by atoms with Crippen molar-refractivity contribution in [1.29, 1.82) is 0 Å². The third-order valence-electron chi connectivity index (χ3n) is 10.2. The average Bonchev–Trinajstić information content (AvgIpc) is 3.22. The summed E-state index contributed by atoms with van der Waals surface area (Å²) in [6.45, 7) is 14.1. The van der Waals surface area contributed by atoms with Gasteiger partial charge in [0.2, 0.25) is 0 Å². The second-order valence-corrected chi connectivity index (χ2v) is 12.0. The normalized spacial score (nSPS) is 35.1. The summed E-state index contributed by atoms with van der Waals surface area (Å²) < 4.78 is 11.6. The summed E-state index contributed by atoms with van der Waals surface area (Å²) in [5.41, 5.74) is 5.50. The Labute approximate surface area is 272 Å². The topological polar surface area (TPSA) is 133 Å². The fourth-order valence-corrected chi connectivity index (χ4v) is 7.87. The molecule has 0 radical (unpaired) electrons. The van der Waals surface area contributed by atoms with Crippen LogP contribution in [0.2, 0.25) is 0 Å². The second-order valence-electron chi connectivity index (χ2n) is 12.0. The number of allylic oxidation sites excluding steroid dienone is 3. The monoisotopic (exact) mass is 602 g/mol. The van der Waals surface area contributed by atoms with Crippen LogP contribution in [-0.4, -0.2) is 65.0 Å². The van der Waals surface area contributed by atoms with E-state index in [2.05, 4.69) is 20.4 Å². The van der Waals surface area contributed by atoms with E-state index in [0.29, 0.717) is 50.9 Å². The molecule has 2 saturated heterocycles. The van der Waals surface area contributed by atoms with Crippen LogP contribution in [0.1, 0.15) is 72.6 Å². The standard InChI is InChI=1S/C34H34N4O5.Mg/c1-8-18-15(4)22-11-23-16(5)19(9-2)30(37-23)29-28(32(41)42-7)31(40)33-17(6)24(38-34(29,33)43-33)12-26-20(10-3)21(14-39)27(36-26)13-25(18)35-22;/h8,11-14,16,19,28,31,40H,1,9-10H2,2-7H3;/q-4;+2/b23-11-,26-12-,27-13-,30-29-;/t16-,19-,28+,31?,33-,34+;/m0./s1. The predicted molar refractivity (Wildman–Crippen MR) is 168 cm³/mol. The van der Waals surface area contributed by atoms with Gasteiger partial charge in [0, 0.05) is 5.56 Å². The predicted octanol–water partition coefficient (Wildman–Crippen LogP) is 3.10. The van der Waals surface area contributed by atoms with Crippen LogP contribution in [0.25, 0.3) is 34.9 Å². The van der Waals surface area contributed by atoms with Crippen LogP contribution >= 0.6 is 0 Å². The molecule has 9 nitrogen and oxygen atoms in total. The number of ether oxygens (including phenoxy) is 2. The number of esters is 1. The van der Waals surface area contributed by atoms with Gasteiger partial charge in [-0.3, -0.25) is 9.59 Å². The van der Waals surface area contributed by atoms with Gasteiger partial charge in [0.1, 0.15) is 23.9 Å². The van der Waals surface area contributed by atoms with E-state index in [-0.39, 0.29) is 34.9 Å². The summed E-state index contributed by atoms with van der Waals surface area (Å²) in [7, 11) is 1.33. The van der Waals surface area contributed by atoms with Crippen LogP contribution in [-0.2, 0) is 20.7 Å². The third-order valence-corrected chi connectivity index (χ3v) is 10.2. The van der Waals surface area contributed by atoms with Crippen molar-refractivity contribution in [3.63, 3.8) is 0 Å². The van der Waals surface area contributed by atoms with E-state index in [0.717, 1.165) is 40.8 Å². The van der Waals surface area contributed by atoms with E-state index in [9.17, 15) is 14.7 Å². The summed E-state index contributed by atoms with van der Waals surface area (Å²) in [5, 5.41) is 23.2. The zero-order valence-corrected chi connectivity index (χ0v) is 27.3. The Morgan fingerprint density at radius 3 is 2.52 bits per heavy atom. The van der Waals surface area contributed by atoms with Gasteiger partial charge in [-0.05, 0) is 37.7 Å². The molecular weight excluding hydrogens is 569 g/mol. The number of aldehydes is 1. The first-order valence-electron chi connectivity index (χ1n) is 14.8. The van der Waals surface area contributed by atoms with Crippen LogP contribution < -0.4 is 20.7 Å². The average molecular weight is 603 g/mol. The SMILES string of the molecule is C=Cc1c2[n-]c(c1C)/C=C1\[N-]/C(=C3/[C@@H](C(=O)OC)C(O)[C@]45O[C@]34[N-]C(=C5C)/C=c3\[n-]/c(c(C=O)c3CC)=C\2)[C@@H](CC)[C@@H]1C.[Mg+2]. The number of aliphatic hydroxyl groups excluding tert-OH is 1. The molecule has 2 aromatic rings. The number of aromatic nitrogens is 2. The molecule has 3 fully saturated rings. The molecule has 10 heteroatoms. The van der Waals surface area contributed by atoms with E-state index < -0.39 is 29.3 Å². The van der Waals surface area contributed by atoms with Gasteiger partial charge in [0.25, 0.3) is 0 Å². The van der Waals surface area contributed by atoms with Crippen molar-refractivity contribution in [1.82, 2.24) is 9.97 Å². The first-order valence-corrected chi connectivity index (χ1v) is 14.8. The number of methoxy groups -OCH3 is 1. The van der Waals surface area contributed by atoms with Crippen LogP contribution in [0.4, 0.5) is 0 Å². The minimum atomic E-state index is -1.27. The molecule has 4 aliphatic heterocycles. The van der Waals surface area contributed by atoms with Crippen molar-refractivity contribution in [2.45, 2.75) is 64.9 Å². The second kappa shape index (κ2) is 10.4. The number of fused-ring (bicyclic) bond motifs is 7. The molecule has 1 unspecified atom stereocenters. The Morgan fingerprint density at radius 1 is 1.14 bits per heavy atom. The molecule has 1 N–H and O–H groups in total. The first kappa shape index (κ1) is 30.7. The van der Waals surface area contributed by atoms with Crippen molar-refractivity contribution < 1.29 is 24.2 Å². The molecule has 5 aliphatic rings. The first-order chi connectivity index (χ1) is 20.6. The number of rotatable bonds is 5. The van der Waals surface area contributed by atoms with E-state index in [4.69, 9.17) is 30.1 Å². The summed E-state index contributed by atoms with van der Waals surface area (Å²) in [4.78, 5) is 35.5. The smallest absolute Gasteiger partial charge is 0.664 e. The quantitative estimate of drug-likeness (QED) is 0.241. The van der Waals surface area contributed by atoms with Gasteiger partial charge in [-0.1, -0.05) is 80.3 Å². The van der Waals surface area contributed by atoms with Gasteiger partial charge in [-0.2, -0.15) is 11.4 Å². The molecule has 0 aromatic carbocycles. The number of carbonyl (C=O) groups excluding carboxylic acids is 2. The van der Waals surface area contributed by atoms with Crippen molar-refractivity contribution in [2.75, 3.05) is 7.11 Å². The van der Waals surface area contributed by atoms with E-state index in [1.54, 1.807) is 6.08 Å². The molecule has 7 rings (SSSR count). The van der Waals surface area contributed by atoms with Crippen molar-refractivity contribution in [3.8, 4) is 0 Å². The Hall–Kier alpha value is -3.31. The van der Waals surface area contributed by atoms with Crippen LogP contribution in [0.5, 0.6) is 0 Å². The zero-order chi connectivity index (χ0) is 30.6. The van der Waals surface area contributed by atoms with Crippen molar-refractivity contribution in [3.05, 3.63) is 89.8 Å². The molecule has 44 heavy (non-hydrogen) atoms. The summed E-state index contributed by atoms with van der Waals surface area (Å²) in [5.74, 6) is -1.54. The van der Waals surface area contributed by atoms with Crippen LogP contribution in [0, 0.1) is 24.7 Å². The molecule has 6 atom stereocenters. The molecule has 8 bridgehead atoms. The maximum atomic E-state index is 13.3. The molecule has 1 spiro atoms. The number of carbonyl (C=O) groups is 2. The van der Waals surface area contributed by atoms with Crippen LogP contribution in [0.15, 0.2) is 34.8 Å². The Kier molecular flexibility index (Phi) is 7.23. The summed E-state index contributed by atoms with van der Waals surface area (Å²) >= 11 is 0. The molecule has 0 amide bonds. The number of aliphatic hydroxyl groups is 1. The molecule has 224 valence electrons. The summed E-state index contributed by atoms with van der Waals surface area (Å²) in [6, 6.07) is 0. The maximum Gasteiger partial charge on any atom is 2.00 e. The molecule has 2 aromatic heterocycles. The van der Waals surface area contributed by atoms with Crippen molar-refractivity contribution >= 4 is 59.6 Å². The molecular formula is C34H34MgN4O5-2. The summed E-state index contributed by atoms with van der Waals surface area (Å²) in [6.07, 6.45) is 8.43. The van der Waals surface area contributed by atoms with E-state index in [1.807, 2.05) is 39.0 Å². The molecule has 6 heterocycles. The van der Waals surface area contributed by atoms with E-state index in [1.165, 1.54) is 7.11 Å². The third kappa shape index (κ3) is 3.65. The fraction of sp³-hybridized carbons (Fsp3) is 0.412. The van der Waals surface area contributed by atoms with Gasteiger partial charge in [-0.25, -0.2) is 0 Å². The number of hydrogen-bond donors (Lipinski definition) is 1. The number of epoxide rings is 1. The molecule has 1 aliphatic carbocycles. The Morgan fingerprint density at radius 2 is 1.89 bits per heavy atom. The zero-order valence-electron chi connectivity index (χ0n) is 25.9. The van der Waals surface area contributed by atoms with E-state index >= 15 is 0 Å². The minimum Gasteiger partial charge on any atom is -0.664 e. The van der Waals surface area contributed by atoms with Crippen LogP contribution in [0.3, 0.4) is 0 Å². The van der Waals surface area contributed by atoms with Gasteiger partial charge in [-0.15, -0.1) is 27.8 Å². The molecule has 1 saturated carbocycles. The van der Waals surface area contributed by atoms with Gasteiger partial charge in [0.05, 0.1) is 12.8 Å². The fourth-order valence-electron chi connectivity index (χ4n) is 7.87. The largest absolute Gasteiger partial charge is 2.00 e. The van der Waals surface area contributed by atoms with Gasteiger partial charge >= 0.3 is 29.0 Å². The van der Waals surface area contributed by atoms with Gasteiger partial charge in [0.15, 0.2) is 0 Å². The Bertz CT molecular complexity index is 1860. The number of hydrogen-bond acceptors (Lipinski definition) is 5.